The van der Waals surface area contributed by atoms with Gasteiger partial charge in [0.2, 0.25) is 0 Å². The molecule has 1 atom stereocenters. The summed E-state index contributed by atoms with van der Waals surface area (Å²) in [5.74, 6) is 0.0384. The predicted molar refractivity (Wildman–Crippen MR) is 120 cm³/mol. The van der Waals surface area contributed by atoms with Crippen LogP contribution in [0.2, 0.25) is 5.02 Å². The van der Waals surface area contributed by atoms with Crippen molar-refractivity contribution < 1.29 is 14.6 Å². The topological polar surface area (TPSA) is 90.5 Å². The summed E-state index contributed by atoms with van der Waals surface area (Å²) in [6.07, 6.45) is 4.10. The van der Waals surface area contributed by atoms with E-state index in [0.29, 0.717) is 22.0 Å². The highest BCUT2D eigenvalue weighted by atomic mass is 35.5. The summed E-state index contributed by atoms with van der Waals surface area (Å²) in [4.78, 5) is 15.0. The van der Waals surface area contributed by atoms with E-state index in [0.717, 1.165) is 37.1 Å². The van der Waals surface area contributed by atoms with Gasteiger partial charge in [0.15, 0.2) is 6.10 Å². The van der Waals surface area contributed by atoms with Crippen LogP contribution in [0.15, 0.2) is 54.9 Å². The van der Waals surface area contributed by atoms with Crippen molar-refractivity contribution in [3.05, 3.63) is 65.4 Å². The number of hydrogen-bond donors (Lipinski definition) is 3. The van der Waals surface area contributed by atoms with Crippen LogP contribution in [0.5, 0.6) is 5.75 Å². The van der Waals surface area contributed by atoms with Crippen molar-refractivity contribution in [2.45, 2.75) is 25.0 Å². The van der Waals surface area contributed by atoms with Crippen molar-refractivity contribution >= 4 is 23.2 Å². The molecule has 0 aliphatic carbocycles. The summed E-state index contributed by atoms with van der Waals surface area (Å²) < 4.78 is 6.30. The summed E-state index contributed by atoms with van der Waals surface area (Å²) in [6.45, 7) is 1.92. The van der Waals surface area contributed by atoms with Crippen molar-refractivity contribution in [3.63, 3.8) is 0 Å². The summed E-state index contributed by atoms with van der Waals surface area (Å²) in [5.41, 5.74) is 2.83. The molecule has 1 unspecified atom stereocenters. The maximum Gasteiger partial charge on any atom is 0.257 e. The van der Waals surface area contributed by atoms with Crippen LogP contribution in [0, 0.1) is 0 Å². The minimum absolute atomic E-state index is 0.0626. The van der Waals surface area contributed by atoms with Gasteiger partial charge in [-0.05, 0) is 55.3 Å². The number of anilines is 1. The number of hydrogen-bond acceptors (Lipinski definition) is 5. The number of nitrogens with zero attached hydrogens (tertiary/aromatic N) is 2. The fraction of sp³-hybridized carbons (Fsp3) is 0.304. The number of carbonyl (C=O) groups excluding carboxylic acids is 1. The molecule has 7 nitrogen and oxygen atoms in total. The first-order valence-corrected chi connectivity index (χ1v) is 10.6. The fourth-order valence-corrected chi connectivity index (χ4v) is 3.72. The van der Waals surface area contributed by atoms with Gasteiger partial charge >= 0.3 is 0 Å². The highest BCUT2D eigenvalue weighted by Gasteiger charge is 2.22. The van der Waals surface area contributed by atoms with Crippen molar-refractivity contribution in [1.29, 1.82) is 0 Å². The number of nitrogens with one attached hydrogen (secondary N) is 2. The molecule has 8 heteroatoms. The number of benzene rings is 2. The molecule has 3 N–H and O–H groups in total. The molecule has 1 aliphatic heterocycles. The second-order valence-corrected chi connectivity index (χ2v) is 8.20. The zero-order valence-electron chi connectivity index (χ0n) is 17.2. The molecular formula is C23H25ClN4O3. The Morgan fingerprint density at radius 1 is 1.23 bits per heavy atom. The number of aromatic nitrogens is 2. The normalized spacial score (nSPS) is 16.1. The average Bonchev–Trinajstić information content (AvgIpc) is 3.31. The quantitative estimate of drug-likeness (QED) is 0.541. The zero-order valence-corrected chi connectivity index (χ0v) is 18.0. The number of aromatic amines is 1. The van der Waals surface area contributed by atoms with Gasteiger partial charge in [0.25, 0.3) is 5.91 Å². The molecule has 4 rings (SSSR count). The summed E-state index contributed by atoms with van der Waals surface area (Å²) in [7, 11) is 2.10. The second kappa shape index (κ2) is 9.51. The van der Waals surface area contributed by atoms with Gasteiger partial charge in [0, 0.05) is 29.9 Å². The van der Waals surface area contributed by atoms with Gasteiger partial charge in [-0.1, -0.05) is 29.8 Å². The Morgan fingerprint density at radius 2 is 1.97 bits per heavy atom. The number of H-pyrrole nitrogens is 1. The van der Waals surface area contributed by atoms with Crippen LogP contribution in [-0.4, -0.2) is 52.4 Å². The summed E-state index contributed by atoms with van der Waals surface area (Å²) in [5, 5.41) is 20.6. The molecule has 1 fully saturated rings. The number of halogens is 1. The van der Waals surface area contributed by atoms with E-state index in [9.17, 15) is 9.90 Å². The van der Waals surface area contributed by atoms with Gasteiger partial charge in [0.05, 0.1) is 11.9 Å². The number of amides is 1. The molecule has 3 aromatic rings. The smallest absolute Gasteiger partial charge is 0.257 e. The SMILES string of the molecule is CN1CCC(Oc2cc(-c3cn[nH]c3)ccc2NC(=O)C(O)c2ccc(Cl)cc2)CC1. The van der Waals surface area contributed by atoms with Crippen LogP contribution >= 0.6 is 11.6 Å². The maximum absolute atomic E-state index is 12.7. The van der Waals surface area contributed by atoms with E-state index in [4.69, 9.17) is 16.3 Å². The van der Waals surface area contributed by atoms with Crippen LogP contribution in [0.3, 0.4) is 0 Å². The van der Waals surface area contributed by atoms with E-state index in [1.807, 2.05) is 12.1 Å². The van der Waals surface area contributed by atoms with E-state index < -0.39 is 12.0 Å². The van der Waals surface area contributed by atoms with E-state index in [2.05, 4.69) is 27.5 Å². The highest BCUT2D eigenvalue weighted by molar-refractivity contribution is 6.30. The summed E-state index contributed by atoms with van der Waals surface area (Å²) in [6, 6.07) is 12.1. The zero-order chi connectivity index (χ0) is 21.8. The molecule has 1 saturated heterocycles. The van der Waals surface area contributed by atoms with Crippen LogP contribution in [0.4, 0.5) is 5.69 Å². The first-order valence-electron chi connectivity index (χ1n) is 10.2. The Hall–Kier alpha value is -2.87. The molecule has 0 spiro atoms. The van der Waals surface area contributed by atoms with Gasteiger partial charge < -0.3 is 20.1 Å². The standard InChI is InChI=1S/C23H25ClN4O3/c1-28-10-8-19(9-11-28)31-21-12-16(17-13-25-26-14-17)4-7-20(21)27-23(30)22(29)15-2-5-18(24)6-3-15/h2-7,12-14,19,22,29H,8-11H2,1H3,(H,25,26)(H,27,30). The Kier molecular flexibility index (Phi) is 6.56. The second-order valence-electron chi connectivity index (χ2n) is 7.76. The van der Waals surface area contributed by atoms with Crippen LogP contribution in [-0.2, 0) is 4.79 Å². The average molecular weight is 441 g/mol. The molecule has 1 amide bonds. The number of likely N-dealkylation sites (tertiary alicyclic amines) is 1. The van der Waals surface area contributed by atoms with E-state index in [1.165, 1.54) is 0 Å². The lowest BCUT2D eigenvalue weighted by Crippen LogP contribution is -2.35. The molecular weight excluding hydrogens is 416 g/mol. The lowest BCUT2D eigenvalue weighted by molar-refractivity contribution is -0.124. The van der Waals surface area contributed by atoms with Crippen molar-refractivity contribution in [3.8, 4) is 16.9 Å². The molecule has 162 valence electrons. The number of ether oxygens (including phenoxy) is 1. The third-order valence-corrected chi connectivity index (χ3v) is 5.72. The lowest BCUT2D eigenvalue weighted by Gasteiger charge is -2.30. The van der Waals surface area contributed by atoms with Gasteiger partial charge in [-0.15, -0.1) is 0 Å². The molecule has 0 bridgehead atoms. The van der Waals surface area contributed by atoms with Gasteiger partial charge in [-0.2, -0.15) is 5.10 Å². The molecule has 1 aromatic heterocycles. The minimum atomic E-state index is -1.32. The first kappa shape index (κ1) is 21.4. The third kappa shape index (κ3) is 5.25. The van der Waals surface area contributed by atoms with Crippen molar-refractivity contribution in [2.75, 3.05) is 25.5 Å². The van der Waals surface area contributed by atoms with Crippen molar-refractivity contribution in [1.82, 2.24) is 15.1 Å². The Bertz CT molecular complexity index is 1020. The molecule has 0 saturated carbocycles. The molecule has 0 radical (unpaired) electrons. The Labute approximate surface area is 186 Å². The minimum Gasteiger partial charge on any atom is -0.488 e. The fourth-order valence-electron chi connectivity index (χ4n) is 3.59. The Balaban J connectivity index is 1.56. The van der Waals surface area contributed by atoms with E-state index in [-0.39, 0.29) is 6.10 Å². The monoisotopic (exact) mass is 440 g/mol. The number of aliphatic hydroxyl groups is 1. The lowest BCUT2D eigenvalue weighted by atomic mass is 10.1. The van der Waals surface area contributed by atoms with Crippen molar-refractivity contribution in [2.24, 2.45) is 0 Å². The molecule has 1 aliphatic rings. The first-order chi connectivity index (χ1) is 15.0. The molecule has 2 heterocycles. The third-order valence-electron chi connectivity index (χ3n) is 5.46. The number of aliphatic hydroxyl groups excluding tert-OH is 1. The van der Waals surface area contributed by atoms with Gasteiger partial charge in [-0.3, -0.25) is 9.89 Å². The number of rotatable bonds is 6. The number of piperidine rings is 1. The Morgan fingerprint density at radius 3 is 2.65 bits per heavy atom. The van der Waals surface area contributed by atoms with Crippen LogP contribution < -0.4 is 10.1 Å². The van der Waals surface area contributed by atoms with Crippen LogP contribution in [0.25, 0.3) is 11.1 Å². The van der Waals surface area contributed by atoms with E-state index >= 15 is 0 Å². The van der Waals surface area contributed by atoms with Gasteiger partial charge in [-0.25, -0.2) is 0 Å². The van der Waals surface area contributed by atoms with E-state index in [1.54, 1.807) is 42.7 Å². The van der Waals surface area contributed by atoms with Gasteiger partial charge in [0.1, 0.15) is 11.9 Å². The largest absolute Gasteiger partial charge is 0.488 e. The predicted octanol–water partition coefficient (Wildman–Crippen LogP) is 3.88. The van der Waals surface area contributed by atoms with Crippen LogP contribution in [0.1, 0.15) is 24.5 Å². The highest BCUT2D eigenvalue weighted by Crippen LogP contribution is 2.33. The number of carbonyl (C=O) groups is 1. The summed E-state index contributed by atoms with van der Waals surface area (Å²) >= 11 is 5.90. The molecule has 31 heavy (non-hydrogen) atoms. The molecule has 2 aromatic carbocycles. The maximum atomic E-state index is 12.7.